The van der Waals surface area contributed by atoms with Gasteiger partial charge in [-0.2, -0.15) is 0 Å². The molecule has 21 heavy (non-hydrogen) atoms. The van der Waals surface area contributed by atoms with Gasteiger partial charge in [0.25, 0.3) is 0 Å². The molecule has 2 heterocycles. The number of thiophene rings is 1. The van der Waals surface area contributed by atoms with Crippen molar-refractivity contribution in [1.29, 1.82) is 0 Å². The third-order valence-corrected chi connectivity index (χ3v) is 4.75. The first-order chi connectivity index (χ1) is 10.2. The predicted octanol–water partition coefficient (Wildman–Crippen LogP) is 3.62. The van der Waals surface area contributed by atoms with Crippen molar-refractivity contribution in [1.82, 2.24) is 9.97 Å². The van der Waals surface area contributed by atoms with Gasteiger partial charge in [0.15, 0.2) is 0 Å². The summed E-state index contributed by atoms with van der Waals surface area (Å²) >= 11 is 1.82. The van der Waals surface area contributed by atoms with Crippen LogP contribution in [0.2, 0.25) is 0 Å². The third kappa shape index (κ3) is 3.02. The Morgan fingerprint density at radius 2 is 2.19 bits per heavy atom. The quantitative estimate of drug-likeness (QED) is 0.885. The lowest BCUT2D eigenvalue weighted by molar-refractivity contribution is 0.768. The van der Waals surface area contributed by atoms with Crippen LogP contribution in [0.4, 0.5) is 11.6 Å². The van der Waals surface area contributed by atoms with E-state index in [0.717, 1.165) is 36.0 Å². The highest BCUT2D eigenvalue weighted by molar-refractivity contribution is 7.09. The molecule has 3 rings (SSSR count). The molecule has 0 unspecified atom stereocenters. The zero-order valence-corrected chi connectivity index (χ0v) is 13.7. The second-order valence-corrected chi connectivity index (χ2v) is 6.51. The summed E-state index contributed by atoms with van der Waals surface area (Å²) in [6.45, 7) is 5.17. The van der Waals surface area contributed by atoms with Crippen LogP contribution in [0.3, 0.4) is 0 Å². The van der Waals surface area contributed by atoms with E-state index in [4.69, 9.17) is 4.98 Å². The van der Waals surface area contributed by atoms with Crippen LogP contribution >= 0.6 is 11.3 Å². The minimum absolute atomic E-state index is 0.634. The molecule has 0 atom stereocenters. The average molecular weight is 302 g/mol. The lowest BCUT2D eigenvalue weighted by Crippen LogP contribution is -2.27. The Kier molecular flexibility index (Phi) is 4.10. The number of hydrogen-bond acceptors (Lipinski definition) is 5. The van der Waals surface area contributed by atoms with Gasteiger partial charge in [-0.05, 0) is 31.2 Å². The molecule has 0 bridgehead atoms. The van der Waals surface area contributed by atoms with Crippen LogP contribution in [0.25, 0.3) is 0 Å². The SMILES string of the molecule is CCc1nc(NC)c(C)c(N(Cc2cccs2)C2CC2)n1. The molecule has 4 nitrogen and oxygen atoms in total. The molecule has 0 saturated heterocycles. The van der Waals surface area contributed by atoms with E-state index in [0.29, 0.717) is 6.04 Å². The van der Waals surface area contributed by atoms with Crippen molar-refractivity contribution in [2.75, 3.05) is 17.3 Å². The summed E-state index contributed by atoms with van der Waals surface area (Å²) in [6, 6.07) is 4.96. The Morgan fingerprint density at radius 1 is 1.38 bits per heavy atom. The molecule has 1 saturated carbocycles. The third-order valence-electron chi connectivity index (χ3n) is 3.89. The number of aromatic nitrogens is 2. The van der Waals surface area contributed by atoms with Gasteiger partial charge in [-0.15, -0.1) is 11.3 Å². The zero-order chi connectivity index (χ0) is 14.8. The highest BCUT2D eigenvalue weighted by Crippen LogP contribution is 2.35. The van der Waals surface area contributed by atoms with Gasteiger partial charge >= 0.3 is 0 Å². The van der Waals surface area contributed by atoms with Gasteiger partial charge in [-0.1, -0.05) is 13.0 Å². The maximum Gasteiger partial charge on any atom is 0.137 e. The summed E-state index contributed by atoms with van der Waals surface area (Å²) in [5, 5.41) is 5.35. The molecular weight excluding hydrogens is 280 g/mol. The summed E-state index contributed by atoms with van der Waals surface area (Å²) in [6.07, 6.45) is 3.40. The summed E-state index contributed by atoms with van der Waals surface area (Å²) in [7, 11) is 1.93. The van der Waals surface area contributed by atoms with E-state index in [1.54, 1.807) is 0 Å². The molecule has 2 aromatic rings. The van der Waals surface area contributed by atoms with Gasteiger partial charge in [0.05, 0.1) is 6.54 Å². The summed E-state index contributed by atoms with van der Waals surface area (Å²) < 4.78 is 0. The van der Waals surface area contributed by atoms with E-state index in [-0.39, 0.29) is 0 Å². The van der Waals surface area contributed by atoms with Crippen molar-refractivity contribution < 1.29 is 0 Å². The number of hydrogen-bond donors (Lipinski definition) is 1. The molecule has 0 radical (unpaired) electrons. The Labute approximate surface area is 130 Å². The first-order valence-electron chi connectivity index (χ1n) is 7.57. The first kappa shape index (κ1) is 14.3. The van der Waals surface area contributed by atoms with Gasteiger partial charge in [0.1, 0.15) is 17.5 Å². The number of nitrogens with one attached hydrogen (secondary N) is 1. The lowest BCUT2D eigenvalue weighted by atomic mass is 10.2. The van der Waals surface area contributed by atoms with Gasteiger partial charge in [0.2, 0.25) is 0 Å². The topological polar surface area (TPSA) is 41.1 Å². The van der Waals surface area contributed by atoms with Crippen LogP contribution in [-0.4, -0.2) is 23.1 Å². The number of anilines is 2. The molecule has 1 aliphatic rings. The van der Waals surface area contributed by atoms with E-state index in [9.17, 15) is 0 Å². The van der Waals surface area contributed by atoms with Crippen molar-refractivity contribution in [3.8, 4) is 0 Å². The minimum atomic E-state index is 0.634. The van der Waals surface area contributed by atoms with E-state index >= 15 is 0 Å². The zero-order valence-electron chi connectivity index (χ0n) is 12.9. The summed E-state index contributed by atoms with van der Waals surface area (Å²) in [4.78, 5) is 13.3. The van der Waals surface area contributed by atoms with Crippen LogP contribution in [0.1, 0.15) is 36.0 Å². The highest BCUT2D eigenvalue weighted by Gasteiger charge is 2.32. The number of rotatable bonds is 6. The second kappa shape index (κ2) is 6.02. The largest absolute Gasteiger partial charge is 0.373 e. The van der Waals surface area contributed by atoms with Crippen molar-refractivity contribution in [3.05, 3.63) is 33.8 Å². The minimum Gasteiger partial charge on any atom is -0.373 e. The maximum atomic E-state index is 4.82. The average Bonchev–Trinajstić information content (AvgIpc) is 3.22. The Morgan fingerprint density at radius 3 is 2.76 bits per heavy atom. The first-order valence-corrected chi connectivity index (χ1v) is 8.45. The monoisotopic (exact) mass is 302 g/mol. The Balaban J connectivity index is 1.98. The molecule has 0 spiro atoms. The second-order valence-electron chi connectivity index (χ2n) is 5.48. The van der Waals surface area contributed by atoms with Crippen LogP contribution in [0.5, 0.6) is 0 Å². The highest BCUT2D eigenvalue weighted by atomic mass is 32.1. The fourth-order valence-corrected chi connectivity index (χ4v) is 3.27. The number of aryl methyl sites for hydroxylation is 1. The molecule has 112 valence electrons. The van der Waals surface area contributed by atoms with Gasteiger partial charge in [-0.25, -0.2) is 9.97 Å². The fourth-order valence-electron chi connectivity index (χ4n) is 2.56. The molecule has 1 fully saturated rings. The van der Waals surface area contributed by atoms with Crippen LogP contribution in [0, 0.1) is 6.92 Å². The van der Waals surface area contributed by atoms with Gasteiger partial charge < -0.3 is 10.2 Å². The van der Waals surface area contributed by atoms with E-state index in [2.05, 4.69) is 46.6 Å². The lowest BCUT2D eigenvalue weighted by Gasteiger charge is -2.26. The maximum absolute atomic E-state index is 4.82. The Bertz CT molecular complexity index is 605. The molecule has 0 aliphatic heterocycles. The van der Waals surface area contributed by atoms with E-state index < -0.39 is 0 Å². The fraction of sp³-hybridized carbons (Fsp3) is 0.500. The summed E-state index contributed by atoms with van der Waals surface area (Å²) in [5.74, 6) is 2.97. The van der Waals surface area contributed by atoms with Crippen molar-refractivity contribution in [2.24, 2.45) is 0 Å². The van der Waals surface area contributed by atoms with Gasteiger partial charge in [0, 0.05) is 30.0 Å². The molecule has 1 aliphatic carbocycles. The normalized spacial score (nSPS) is 14.2. The molecule has 5 heteroatoms. The van der Waals surface area contributed by atoms with Crippen molar-refractivity contribution in [2.45, 2.75) is 45.7 Å². The standard InChI is InChI=1S/C16H22N4S/c1-4-14-18-15(17-3)11(2)16(19-14)20(12-7-8-12)10-13-6-5-9-21-13/h5-6,9,12H,4,7-8,10H2,1-3H3,(H,17,18,19). The molecule has 2 aromatic heterocycles. The molecule has 1 N–H and O–H groups in total. The predicted molar refractivity (Wildman–Crippen MR) is 89.2 cm³/mol. The van der Waals surface area contributed by atoms with E-state index in [1.807, 2.05) is 18.4 Å². The molecule has 0 aromatic carbocycles. The molecular formula is C16H22N4S. The summed E-state index contributed by atoms with van der Waals surface area (Å²) in [5.41, 5.74) is 1.15. The van der Waals surface area contributed by atoms with Gasteiger partial charge in [-0.3, -0.25) is 0 Å². The smallest absolute Gasteiger partial charge is 0.137 e. The van der Waals surface area contributed by atoms with Crippen LogP contribution in [0.15, 0.2) is 17.5 Å². The van der Waals surface area contributed by atoms with Crippen LogP contribution in [-0.2, 0) is 13.0 Å². The van der Waals surface area contributed by atoms with E-state index in [1.165, 1.54) is 17.7 Å². The molecule has 0 amide bonds. The van der Waals surface area contributed by atoms with Crippen molar-refractivity contribution in [3.63, 3.8) is 0 Å². The van der Waals surface area contributed by atoms with Crippen molar-refractivity contribution >= 4 is 23.0 Å². The Hall–Kier alpha value is -1.62. The number of nitrogens with zero attached hydrogens (tertiary/aromatic N) is 3. The van der Waals surface area contributed by atoms with Crippen LogP contribution < -0.4 is 10.2 Å².